The van der Waals surface area contributed by atoms with Gasteiger partial charge < -0.3 is 14.0 Å². The summed E-state index contributed by atoms with van der Waals surface area (Å²) in [6.07, 6.45) is 3.62. The molecule has 2 aromatic heterocycles. The first-order valence-corrected chi connectivity index (χ1v) is 10.5. The Kier molecular flexibility index (Phi) is 7.48. The molecule has 0 radical (unpaired) electrons. The standard InChI is InChI=1S/C21H27N5O2S/c1-5-28-19-12-17(6-7-18(19)27-4)13-25(2)14-20-23-24-21(26(20)3)29-15-16-8-10-22-11-9-16/h6-12H,5,13-15H2,1-4H3. The van der Waals surface area contributed by atoms with Crippen LogP contribution < -0.4 is 9.47 Å². The van der Waals surface area contributed by atoms with Crippen molar-refractivity contribution < 1.29 is 9.47 Å². The highest BCUT2D eigenvalue weighted by Gasteiger charge is 2.13. The van der Waals surface area contributed by atoms with Gasteiger partial charge in [-0.1, -0.05) is 17.8 Å². The van der Waals surface area contributed by atoms with E-state index in [1.807, 2.05) is 50.6 Å². The topological polar surface area (TPSA) is 65.3 Å². The van der Waals surface area contributed by atoms with E-state index in [0.29, 0.717) is 13.2 Å². The van der Waals surface area contributed by atoms with Crippen molar-refractivity contribution in [1.29, 1.82) is 0 Å². The second kappa shape index (κ2) is 10.3. The van der Waals surface area contributed by atoms with E-state index in [-0.39, 0.29) is 0 Å². The predicted octanol–water partition coefficient (Wildman–Crippen LogP) is 3.54. The second-order valence-electron chi connectivity index (χ2n) is 6.69. The zero-order chi connectivity index (χ0) is 20.6. The molecule has 0 aliphatic carbocycles. The molecule has 0 spiro atoms. The van der Waals surface area contributed by atoms with E-state index in [1.54, 1.807) is 18.9 Å². The van der Waals surface area contributed by atoms with Crippen LogP contribution >= 0.6 is 11.8 Å². The van der Waals surface area contributed by atoms with E-state index in [4.69, 9.17) is 9.47 Å². The van der Waals surface area contributed by atoms with Crippen LogP contribution in [0.2, 0.25) is 0 Å². The van der Waals surface area contributed by atoms with Crippen molar-refractivity contribution in [3.05, 3.63) is 59.7 Å². The van der Waals surface area contributed by atoms with Crippen LogP contribution in [0.15, 0.2) is 47.9 Å². The van der Waals surface area contributed by atoms with Crippen LogP contribution in [0.3, 0.4) is 0 Å². The molecule has 0 fully saturated rings. The molecule has 29 heavy (non-hydrogen) atoms. The van der Waals surface area contributed by atoms with Crippen molar-refractivity contribution in [2.75, 3.05) is 20.8 Å². The van der Waals surface area contributed by atoms with E-state index >= 15 is 0 Å². The zero-order valence-corrected chi connectivity index (χ0v) is 18.1. The van der Waals surface area contributed by atoms with Crippen LogP contribution in [0.5, 0.6) is 11.5 Å². The minimum absolute atomic E-state index is 0.606. The molecule has 0 N–H and O–H groups in total. The number of nitrogens with zero attached hydrogens (tertiary/aromatic N) is 5. The molecule has 0 saturated heterocycles. The molecule has 0 atom stereocenters. The number of thioether (sulfide) groups is 1. The molecule has 154 valence electrons. The van der Waals surface area contributed by atoms with Gasteiger partial charge in [-0.15, -0.1) is 10.2 Å². The lowest BCUT2D eigenvalue weighted by Crippen LogP contribution is -2.19. The average Bonchev–Trinajstić information content (AvgIpc) is 3.07. The summed E-state index contributed by atoms with van der Waals surface area (Å²) in [4.78, 5) is 6.26. The molecule has 0 aliphatic heterocycles. The molecule has 0 saturated carbocycles. The highest BCUT2D eigenvalue weighted by Crippen LogP contribution is 2.28. The number of hydrogen-bond donors (Lipinski definition) is 0. The van der Waals surface area contributed by atoms with Gasteiger partial charge in [-0.3, -0.25) is 9.88 Å². The van der Waals surface area contributed by atoms with E-state index in [1.165, 1.54) is 5.56 Å². The maximum Gasteiger partial charge on any atom is 0.191 e. The Balaban J connectivity index is 1.60. The predicted molar refractivity (Wildman–Crippen MR) is 114 cm³/mol. The Labute approximate surface area is 176 Å². The zero-order valence-electron chi connectivity index (χ0n) is 17.3. The van der Waals surface area contributed by atoms with Crippen molar-refractivity contribution in [3.8, 4) is 11.5 Å². The Hall–Kier alpha value is -2.58. The Bertz CT molecular complexity index is 917. The quantitative estimate of drug-likeness (QED) is 0.471. The molecular weight excluding hydrogens is 386 g/mol. The summed E-state index contributed by atoms with van der Waals surface area (Å²) in [5, 5.41) is 9.64. The van der Waals surface area contributed by atoms with Gasteiger partial charge in [0.25, 0.3) is 0 Å². The summed E-state index contributed by atoms with van der Waals surface area (Å²) in [6, 6.07) is 10.1. The van der Waals surface area contributed by atoms with Crippen LogP contribution in [0, 0.1) is 0 Å². The first-order valence-electron chi connectivity index (χ1n) is 9.49. The van der Waals surface area contributed by atoms with E-state index in [9.17, 15) is 0 Å². The normalized spacial score (nSPS) is 11.1. The monoisotopic (exact) mass is 413 g/mol. The molecule has 0 aliphatic rings. The summed E-state index contributed by atoms with van der Waals surface area (Å²) in [5.41, 5.74) is 2.38. The number of pyridine rings is 1. The highest BCUT2D eigenvalue weighted by molar-refractivity contribution is 7.98. The fourth-order valence-electron chi connectivity index (χ4n) is 2.93. The Morgan fingerprint density at radius 2 is 1.83 bits per heavy atom. The average molecular weight is 414 g/mol. The van der Waals surface area contributed by atoms with Crippen LogP contribution in [0.25, 0.3) is 0 Å². The van der Waals surface area contributed by atoms with Crippen molar-refractivity contribution >= 4 is 11.8 Å². The van der Waals surface area contributed by atoms with Crippen LogP contribution in [-0.2, 0) is 25.9 Å². The number of hydrogen-bond acceptors (Lipinski definition) is 7. The maximum absolute atomic E-state index is 5.68. The Morgan fingerprint density at radius 1 is 1.03 bits per heavy atom. The third-order valence-corrected chi connectivity index (χ3v) is 5.53. The van der Waals surface area contributed by atoms with Gasteiger partial charge in [-0.2, -0.15) is 0 Å². The first kappa shape index (κ1) is 21.1. The number of benzene rings is 1. The summed E-state index contributed by atoms with van der Waals surface area (Å²) >= 11 is 1.68. The van der Waals surface area contributed by atoms with Crippen LogP contribution in [0.4, 0.5) is 0 Å². The smallest absolute Gasteiger partial charge is 0.191 e. The minimum atomic E-state index is 0.606. The van der Waals surface area contributed by atoms with Gasteiger partial charge in [0.05, 0.1) is 20.3 Å². The lowest BCUT2D eigenvalue weighted by atomic mass is 10.2. The van der Waals surface area contributed by atoms with Crippen LogP contribution in [-0.4, -0.2) is 45.4 Å². The van der Waals surface area contributed by atoms with Gasteiger partial charge in [-0.05, 0) is 49.4 Å². The third kappa shape index (κ3) is 5.71. The number of rotatable bonds is 10. The summed E-state index contributed by atoms with van der Waals surface area (Å²) in [7, 11) is 5.74. The first-order chi connectivity index (χ1) is 14.1. The maximum atomic E-state index is 5.68. The van der Waals surface area contributed by atoms with Gasteiger partial charge >= 0.3 is 0 Å². The summed E-state index contributed by atoms with van der Waals surface area (Å²) < 4.78 is 13.1. The SMILES string of the molecule is CCOc1cc(CN(C)Cc2nnc(SCc3ccncc3)n2C)ccc1OC. The fourth-order valence-corrected chi connectivity index (χ4v) is 3.82. The molecule has 3 rings (SSSR count). The van der Waals surface area contributed by atoms with E-state index in [0.717, 1.165) is 40.3 Å². The summed E-state index contributed by atoms with van der Waals surface area (Å²) in [5.74, 6) is 3.30. The lowest BCUT2D eigenvalue weighted by Gasteiger charge is -2.17. The van der Waals surface area contributed by atoms with Gasteiger partial charge in [0.1, 0.15) is 5.82 Å². The molecule has 2 heterocycles. The van der Waals surface area contributed by atoms with Crippen molar-refractivity contribution in [3.63, 3.8) is 0 Å². The van der Waals surface area contributed by atoms with Gasteiger partial charge in [0, 0.05) is 31.7 Å². The van der Waals surface area contributed by atoms with Crippen molar-refractivity contribution in [2.24, 2.45) is 7.05 Å². The van der Waals surface area contributed by atoms with Gasteiger partial charge in [-0.25, -0.2) is 0 Å². The van der Waals surface area contributed by atoms with E-state index in [2.05, 4.69) is 37.8 Å². The number of ether oxygens (including phenoxy) is 2. The number of methoxy groups -OCH3 is 1. The van der Waals surface area contributed by atoms with E-state index < -0.39 is 0 Å². The van der Waals surface area contributed by atoms with Crippen molar-refractivity contribution in [1.82, 2.24) is 24.6 Å². The Morgan fingerprint density at radius 3 is 2.55 bits per heavy atom. The number of aromatic nitrogens is 4. The molecule has 3 aromatic rings. The third-order valence-electron chi connectivity index (χ3n) is 4.43. The summed E-state index contributed by atoms with van der Waals surface area (Å²) in [6.45, 7) is 4.05. The highest BCUT2D eigenvalue weighted by atomic mass is 32.2. The minimum Gasteiger partial charge on any atom is -0.493 e. The fraction of sp³-hybridized carbons (Fsp3) is 0.381. The second-order valence-corrected chi connectivity index (χ2v) is 7.63. The molecule has 7 nitrogen and oxygen atoms in total. The molecule has 0 unspecified atom stereocenters. The molecule has 1 aromatic carbocycles. The largest absolute Gasteiger partial charge is 0.493 e. The van der Waals surface area contributed by atoms with Crippen LogP contribution in [0.1, 0.15) is 23.9 Å². The molecule has 0 bridgehead atoms. The van der Waals surface area contributed by atoms with Gasteiger partial charge in [0.15, 0.2) is 16.7 Å². The van der Waals surface area contributed by atoms with Crippen molar-refractivity contribution in [2.45, 2.75) is 30.9 Å². The molecule has 0 amide bonds. The van der Waals surface area contributed by atoms with Gasteiger partial charge in [0.2, 0.25) is 0 Å². The lowest BCUT2D eigenvalue weighted by molar-refractivity contribution is 0.298. The molecular formula is C21H27N5O2S. The molecule has 8 heteroatoms.